The lowest BCUT2D eigenvalue weighted by molar-refractivity contribution is 0.979. The van der Waals surface area contributed by atoms with Gasteiger partial charge in [-0.05, 0) is 22.3 Å². The second kappa shape index (κ2) is 4.15. The van der Waals surface area contributed by atoms with Gasteiger partial charge >= 0.3 is 0 Å². The summed E-state index contributed by atoms with van der Waals surface area (Å²) in [6.07, 6.45) is 0. The van der Waals surface area contributed by atoms with Gasteiger partial charge in [0.15, 0.2) is 0 Å². The second-order valence-corrected chi connectivity index (χ2v) is 5.25. The topological polar surface area (TPSA) is 0 Å². The van der Waals surface area contributed by atoms with E-state index in [1.807, 2.05) is 0 Å². The van der Waals surface area contributed by atoms with Crippen molar-refractivity contribution < 1.29 is 0 Å². The molecular weight excluding hydrogens is 272 g/mol. The molecule has 1 aliphatic carbocycles. The SMILES string of the molecule is CC1C(Br)=C(c2ccccc2)c2ccccc21. The van der Waals surface area contributed by atoms with Crippen LogP contribution in [0.1, 0.15) is 29.5 Å². The molecule has 0 heterocycles. The van der Waals surface area contributed by atoms with E-state index in [0.29, 0.717) is 5.92 Å². The predicted molar refractivity (Wildman–Crippen MR) is 76.2 cm³/mol. The minimum atomic E-state index is 0.460. The van der Waals surface area contributed by atoms with Gasteiger partial charge in [-0.25, -0.2) is 0 Å². The fourth-order valence-corrected chi connectivity index (χ4v) is 3.17. The first kappa shape index (κ1) is 10.8. The number of hydrogen-bond donors (Lipinski definition) is 0. The minimum Gasteiger partial charge on any atom is -0.0622 e. The number of hydrogen-bond acceptors (Lipinski definition) is 0. The van der Waals surface area contributed by atoms with Gasteiger partial charge in [-0.2, -0.15) is 0 Å². The Labute approximate surface area is 110 Å². The highest BCUT2D eigenvalue weighted by Gasteiger charge is 2.26. The highest BCUT2D eigenvalue weighted by atomic mass is 79.9. The van der Waals surface area contributed by atoms with E-state index in [0.717, 1.165) is 0 Å². The zero-order valence-electron chi connectivity index (χ0n) is 9.65. The molecule has 84 valence electrons. The van der Waals surface area contributed by atoms with Crippen molar-refractivity contribution in [2.24, 2.45) is 0 Å². The molecule has 0 bridgehead atoms. The van der Waals surface area contributed by atoms with E-state index in [9.17, 15) is 0 Å². The van der Waals surface area contributed by atoms with Crippen LogP contribution in [0, 0.1) is 0 Å². The monoisotopic (exact) mass is 284 g/mol. The lowest BCUT2D eigenvalue weighted by atomic mass is 9.98. The fourth-order valence-electron chi connectivity index (χ4n) is 2.48. The molecule has 17 heavy (non-hydrogen) atoms. The molecule has 1 unspecified atom stereocenters. The van der Waals surface area contributed by atoms with Crippen molar-refractivity contribution in [2.75, 3.05) is 0 Å². The van der Waals surface area contributed by atoms with Crippen LogP contribution in [0.5, 0.6) is 0 Å². The lowest BCUT2D eigenvalue weighted by Gasteiger charge is -2.05. The van der Waals surface area contributed by atoms with Crippen molar-refractivity contribution in [1.29, 1.82) is 0 Å². The maximum atomic E-state index is 3.77. The summed E-state index contributed by atoms with van der Waals surface area (Å²) in [7, 11) is 0. The van der Waals surface area contributed by atoms with Crippen molar-refractivity contribution in [3.63, 3.8) is 0 Å². The van der Waals surface area contributed by atoms with Crippen molar-refractivity contribution in [3.8, 4) is 0 Å². The Hall–Kier alpha value is -1.34. The Balaban J connectivity index is 2.23. The highest BCUT2D eigenvalue weighted by Crippen LogP contribution is 2.47. The molecule has 0 saturated heterocycles. The molecule has 2 aromatic rings. The summed E-state index contributed by atoms with van der Waals surface area (Å²) in [4.78, 5) is 0. The van der Waals surface area contributed by atoms with Crippen LogP contribution in [-0.2, 0) is 0 Å². The van der Waals surface area contributed by atoms with Gasteiger partial charge in [0.1, 0.15) is 0 Å². The first-order valence-electron chi connectivity index (χ1n) is 5.83. The third-order valence-corrected chi connectivity index (χ3v) is 4.46. The Morgan fingerprint density at radius 2 is 1.53 bits per heavy atom. The van der Waals surface area contributed by atoms with Crippen LogP contribution in [0.25, 0.3) is 5.57 Å². The Morgan fingerprint density at radius 1 is 0.882 bits per heavy atom. The number of allylic oxidation sites excluding steroid dienone is 1. The smallest absolute Gasteiger partial charge is 0.0140 e. The Bertz CT molecular complexity index is 581. The summed E-state index contributed by atoms with van der Waals surface area (Å²) < 4.78 is 1.30. The second-order valence-electron chi connectivity index (χ2n) is 4.40. The van der Waals surface area contributed by atoms with Crippen molar-refractivity contribution in [3.05, 3.63) is 75.8 Å². The van der Waals surface area contributed by atoms with Crippen LogP contribution >= 0.6 is 15.9 Å². The Morgan fingerprint density at radius 3 is 2.29 bits per heavy atom. The summed E-state index contributed by atoms with van der Waals surface area (Å²) in [6.45, 7) is 2.25. The normalized spacial score (nSPS) is 18.4. The summed E-state index contributed by atoms with van der Waals surface area (Å²) >= 11 is 3.77. The predicted octanol–water partition coefficient (Wildman–Crippen LogP) is 4.96. The fraction of sp³-hybridized carbons (Fsp3) is 0.125. The quantitative estimate of drug-likeness (QED) is 0.694. The van der Waals surface area contributed by atoms with Crippen molar-refractivity contribution in [2.45, 2.75) is 12.8 Å². The van der Waals surface area contributed by atoms with Crippen LogP contribution in [0.2, 0.25) is 0 Å². The van der Waals surface area contributed by atoms with Gasteiger partial charge in [-0.15, -0.1) is 0 Å². The molecule has 0 amide bonds. The van der Waals surface area contributed by atoms with Crippen LogP contribution in [0.4, 0.5) is 0 Å². The molecule has 0 fully saturated rings. The summed E-state index contributed by atoms with van der Waals surface area (Å²) in [5.74, 6) is 0.460. The number of rotatable bonds is 1. The maximum absolute atomic E-state index is 3.77. The van der Waals surface area contributed by atoms with E-state index in [1.165, 1.54) is 26.7 Å². The summed E-state index contributed by atoms with van der Waals surface area (Å²) in [6, 6.07) is 19.2. The standard InChI is InChI=1S/C16H13Br/c1-11-13-9-5-6-10-14(13)15(16(11)17)12-7-3-2-4-8-12/h2-11H,1H3. The van der Waals surface area contributed by atoms with Gasteiger partial charge in [0.25, 0.3) is 0 Å². The number of benzene rings is 2. The molecule has 0 aliphatic heterocycles. The van der Waals surface area contributed by atoms with E-state index in [4.69, 9.17) is 0 Å². The largest absolute Gasteiger partial charge is 0.0622 e. The van der Waals surface area contributed by atoms with E-state index in [-0.39, 0.29) is 0 Å². The number of fused-ring (bicyclic) bond motifs is 1. The lowest BCUT2D eigenvalue weighted by Crippen LogP contribution is -1.87. The third kappa shape index (κ3) is 1.66. The van der Waals surface area contributed by atoms with E-state index >= 15 is 0 Å². The molecule has 2 aromatic carbocycles. The third-order valence-electron chi connectivity index (χ3n) is 3.38. The molecule has 0 spiro atoms. The molecule has 0 aromatic heterocycles. The maximum Gasteiger partial charge on any atom is 0.0140 e. The average Bonchev–Trinajstić information content (AvgIpc) is 2.64. The van der Waals surface area contributed by atoms with Gasteiger partial charge in [-0.1, -0.05) is 77.5 Å². The van der Waals surface area contributed by atoms with Gasteiger partial charge in [-0.3, -0.25) is 0 Å². The van der Waals surface area contributed by atoms with Crippen LogP contribution < -0.4 is 0 Å². The molecule has 1 heteroatoms. The first-order chi connectivity index (χ1) is 8.29. The van der Waals surface area contributed by atoms with E-state index < -0.39 is 0 Å². The summed E-state index contributed by atoms with van der Waals surface area (Å²) in [5.41, 5.74) is 5.40. The van der Waals surface area contributed by atoms with Crippen LogP contribution in [-0.4, -0.2) is 0 Å². The molecule has 0 nitrogen and oxygen atoms in total. The Kier molecular flexibility index (Phi) is 2.64. The van der Waals surface area contributed by atoms with Gasteiger partial charge < -0.3 is 0 Å². The van der Waals surface area contributed by atoms with E-state index in [2.05, 4.69) is 77.5 Å². The van der Waals surface area contributed by atoms with E-state index in [1.54, 1.807) is 0 Å². The van der Waals surface area contributed by atoms with Gasteiger partial charge in [0.05, 0.1) is 0 Å². The van der Waals surface area contributed by atoms with Crippen molar-refractivity contribution in [1.82, 2.24) is 0 Å². The zero-order chi connectivity index (χ0) is 11.8. The summed E-state index contributed by atoms with van der Waals surface area (Å²) in [5, 5.41) is 0. The average molecular weight is 285 g/mol. The molecule has 0 N–H and O–H groups in total. The zero-order valence-corrected chi connectivity index (χ0v) is 11.2. The number of halogens is 1. The van der Waals surface area contributed by atoms with Gasteiger partial charge in [0, 0.05) is 10.4 Å². The molecule has 1 atom stereocenters. The van der Waals surface area contributed by atoms with Crippen LogP contribution in [0.3, 0.4) is 0 Å². The van der Waals surface area contributed by atoms with Gasteiger partial charge in [0.2, 0.25) is 0 Å². The minimum absolute atomic E-state index is 0.460. The highest BCUT2D eigenvalue weighted by molar-refractivity contribution is 9.11. The van der Waals surface area contributed by atoms with Crippen molar-refractivity contribution >= 4 is 21.5 Å². The molecule has 0 saturated carbocycles. The molecule has 1 aliphatic rings. The van der Waals surface area contributed by atoms with Crippen LogP contribution in [0.15, 0.2) is 59.1 Å². The first-order valence-corrected chi connectivity index (χ1v) is 6.62. The molecular formula is C16H13Br. The molecule has 3 rings (SSSR count). The molecule has 0 radical (unpaired) electrons.